The van der Waals surface area contributed by atoms with E-state index in [-0.39, 0.29) is 0 Å². The van der Waals surface area contributed by atoms with Crippen LogP contribution in [0.4, 0.5) is 0 Å². The van der Waals surface area contributed by atoms with E-state index in [0.717, 1.165) is 0 Å². The van der Waals surface area contributed by atoms with E-state index in [9.17, 15) is 18.9 Å². The summed E-state index contributed by atoms with van der Waals surface area (Å²) in [5, 5.41) is 22.7. The molecule has 0 aromatic carbocycles. The van der Waals surface area contributed by atoms with Crippen molar-refractivity contribution in [2.24, 2.45) is 5.73 Å². The van der Waals surface area contributed by atoms with Crippen LogP contribution in [0.2, 0.25) is 0 Å². The first-order chi connectivity index (χ1) is 7.96. The number of carboxylic acid groups (broad SMARTS) is 3. The number of rotatable bonds is 7. The summed E-state index contributed by atoms with van der Waals surface area (Å²) in [4.78, 5) is 50.1. The van der Waals surface area contributed by atoms with Gasteiger partial charge in [0.25, 0.3) is 0 Å². The third kappa shape index (κ3) is 3.05. The Hall–Kier alpha value is -1.48. The molecule has 0 aromatic rings. The molecule has 0 bridgehead atoms. The van der Waals surface area contributed by atoms with Gasteiger partial charge >= 0.3 is 25.5 Å². The number of carboxylic acids is 3. The molecular formula is C7H12NO9P. The molecule has 0 saturated carbocycles. The fraction of sp³-hybridized carbons (Fsp3) is 0.571. The van der Waals surface area contributed by atoms with Crippen molar-refractivity contribution in [1.29, 1.82) is 0 Å². The lowest BCUT2D eigenvalue weighted by Crippen LogP contribution is -2.57. The topological polar surface area (TPSA) is 195 Å². The molecular weight excluding hydrogens is 273 g/mol. The fourth-order valence-corrected chi connectivity index (χ4v) is 2.47. The Labute approximate surface area is 100 Å². The van der Waals surface area contributed by atoms with Crippen LogP contribution < -0.4 is 5.73 Å². The van der Waals surface area contributed by atoms with Gasteiger partial charge in [-0.25, -0.2) is 0 Å². The second-order valence-corrected chi connectivity index (χ2v) is 5.37. The van der Waals surface area contributed by atoms with Crippen LogP contribution in [0.25, 0.3) is 0 Å². The van der Waals surface area contributed by atoms with Crippen molar-refractivity contribution in [2.45, 2.75) is 24.0 Å². The second-order valence-electron chi connectivity index (χ2n) is 3.48. The van der Waals surface area contributed by atoms with E-state index < -0.39 is 49.5 Å². The Morgan fingerprint density at radius 2 is 1.61 bits per heavy atom. The van der Waals surface area contributed by atoms with Crippen LogP contribution in [-0.4, -0.2) is 54.2 Å². The first-order valence-corrected chi connectivity index (χ1v) is 6.07. The summed E-state index contributed by atoms with van der Waals surface area (Å²) in [5.41, 5.74) is 5.00. The van der Waals surface area contributed by atoms with E-state index in [0.29, 0.717) is 0 Å². The molecule has 2 atom stereocenters. The van der Waals surface area contributed by atoms with E-state index >= 15 is 0 Å². The average Bonchev–Trinajstić information content (AvgIpc) is 2.14. The highest BCUT2D eigenvalue weighted by Crippen LogP contribution is 2.54. The zero-order valence-electron chi connectivity index (χ0n) is 8.89. The van der Waals surface area contributed by atoms with Crippen LogP contribution in [0.1, 0.15) is 12.8 Å². The second kappa shape index (κ2) is 5.44. The number of nitrogens with two attached hydrogens (primary N) is 1. The molecule has 0 aliphatic heterocycles. The highest BCUT2D eigenvalue weighted by molar-refractivity contribution is 7.55. The van der Waals surface area contributed by atoms with Gasteiger partial charge in [-0.3, -0.25) is 18.9 Å². The summed E-state index contributed by atoms with van der Waals surface area (Å²) in [5.74, 6) is -5.65. The number of aliphatic carboxylic acids is 3. The average molecular weight is 285 g/mol. The third-order valence-corrected chi connectivity index (χ3v) is 4.12. The molecule has 0 aromatic heterocycles. The predicted molar refractivity (Wildman–Crippen MR) is 54.9 cm³/mol. The molecule has 18 heavy (non-hydrogen) atoms. The quantitative estimate of drug-likeness (QED) is 0.292. The standard InChI is InChI=1S/C7H12NO9P/c8-4(5(11)12)7(6(13)14,18(15,16)17)2-1-3(9)10/h4H,1-2,8H2,(H,9,10)(H,11,12)(H,13,14)(H2,15,16,17)/t4-,7+/m1/s1. The van der Waals surface area contributed by atoms with E-state index in [4.69, 9.17) is 30.8 Å². The third-order valence-electron chi connectivity index (χ3n) is 2.39. The van der Waals surface area contributed by atoms with Gasteiger partial charge in [-0.05, 0) is 6.42 Å². The van der Waals surface area contributed by atoms with Gasteiger partial charge in [0.1, 0.15) is 6.04 Å². The van der Waals surface area contributed by atoms with Crippen molar-refractivity contribution in [3.05, 3.63) is 0 Å². The van der Waals surface area contributed by atoms with Gasteiger partial charge in [-0.1, -0.05) is 0 Å². The molecule has 104 valence electrons. The molecule has 0 aliphatic carbocycles. The SMILES string of the molecule is N[C@H](C(=O)O)[C@@](CCC(=O)O)(C(=O)O)P(=O)(O)O. The maximum absolute atomic E-state index is 11.2. The summed E-state index contributed by atoms with van der Waals surface area (Å²) in [6.45, 7) is 0. The summed E-state index contributed by atoms with van der Waals surface area (Å²) < 4.78 is 11.2. The number of hydrogen-bond donors (Lipinski definition) is 6. The predicted octanol–water partition coefficient (Wildman–Crippen LogP) is -1.74. The highest BCUT2D eigenvalue weighted by atomic mass is 31.2. The van der Waals surface area contributed by atoms with Gasteiger partial charge in [-0.15, -0.1) is 0 Å². The Morgan fingerprint density at radius 3 is 1.83 bits per heavy atom. The van der Waals surface area contributed by atoms with Crippen LogP contribution in [-0.2, 0) is 18.9 Å². The van der Waals surface area contributed by atoms with Crippen molar-refractivity contribution < 1.29 is 44.1 Å². The van der Waals surface area contributed by atoms with E-state index in [1.807, 2.05) is 0 Å². The van der Waals surface area contributed by atoms with Gasteiger partial charge in [0.2, 0.25) is 0 Å². The smallest absolute Gasteiger partial charge is 0.345 e. The lowest BCUT2D eigenvalue weighted by atomic mass is 9.94. The zero-order valence-corrected chi connectivity index (χ0v) is 9.78. The summed E-state index contributed by atoms with van der Waals surface area (Å²) in [6, 6.07) is -2.44. The zero-order chi connectivity index (χ0) is 14.7. The Balaban J connectivity index is 5.74. The largest absolute Gasteiger partial charge is 0.481 e. The molecule has 0 aliphatic rings. The molecule has 0 radical (unpaired) electrons. The normalized spacial score (nSPS) is 16.6. The molecule has 0 spiro atoms. The first-order valence-electron chi connectivity index (χ1n) is 4.46. The molecule has 0 saturated heterocycles. The van der Waals surface area contributed by atoms with Crippen LogP contribution in [0.3, 0.4) is 0 Å². The van der Waals surface area contributed by atoms with Gasteiger partial charge < -0.3 is 30.8 Å². The maximum atomic E-state index is 11.2. The molecule has 7 N–H and O–H groups in total. The van der Waals surface area contributed by atoms with Crippen LogP contribution in [0.5, 0.6) is 0 Å². The fourth-order valence-electron chi connectivity index (χ4n) is 1.35. The monoisotopic (exact) mass is 285 g/mol. The van der Waals surface area contributed by atoms with Crippen LogP contribution >= 0.6 is 7.60 Å². The minimum atomic E-state index is -5.50. The number of hydrogen-bond acceptors (Lipinski definition) is 5. The van der Waals surface area contributed by atoms with Gasteiger partial charge in [-0.2, -0.15) is 0 Å². The number of carbonyl (C=O) groups is 3. The van der Waals surface area contributed by atoms with E-state index in [1.54, 1.807) is 0 Å². The first kappa shape index (κ1) is 16.5. The maximum Gasteiger partial charge on any atom is 0.345 e. The summed E-state index contributed by atoms with van der Waals surface area (Å²) >= 11 is 0. The van der Waals surface area contributed by atoms with Crippen molar-refractivity contribution in [1.82, 2.24) is 0 Å². The Bertz CT molecular complexity index is 415. The molecule has 0 fully saturated rings. The van der Waals surface area contributed by atoms with Crippen molar-refractivity contribution >= 4 is 25.5 Å². The van der Waals surface area contributed by atoms with Crippen molar-refractivity contribution in [3.63, 3.8) is 0 Å². The van der Waals surface area contributed by atoms with Gasteiger partial charge in [0.15, 0.2) is 5.16 Å². The highest BCUT2D eigenvalue weighted by Gasteiger charge is 2.60. The molecule has 0 amide bonds. The molecule has 11 heteroatoms. The summed E-state index contributed by atoms with van der Waals surface area (Å²) in [7, 11) is -5.50. The Kier molecular flexibility index (Phi) is 4.99. The molecule has 10 nitrogen and oxygen atoms in total. The minimum Gasteiger partial charge on any atom is -0.481 e. The van der Waals surface area contributed by atoms with Gasteiger partial charge in [0.05, 0.1) is 0 Å². The van der Waals surface area contributed by atoms with Crippen molar-refractivity contribution in [2.75, 3.05) is 0 Å². The molecule has 0 rings (SSSR count). The van der Waals surface area contributed by atoms with E-state index in [1.165, 1.54) is 0 Å². The van der Waals surface area contributed by atoms with Crippen LogP contribution in [0.15, 0.2) is 0 Å². The lowest BCUT2D eigenvalue weighted by Gasteiger charge is -2.32. The van der Waals surface area contributed by atoms with E-state index in [2.05, 4.69) is 0 Å². The molecule has 0 heterocycles. The molecule has 0 unspecified atom stereocenters. The minimum absolute atomic E-state index is 0.946. The van der Waals surface area contributed by atoms with Crippen molar-refractivity contribution in [3.8, 4) is 0 Å². The van der Waals surface area contributed by atoms with Crippen LogP contribution in [0, 0.1) is 0 Å². The summed E-state index contributed by atoms with van der Waals surface area (Å²) in [6.07, 6.45) is -2.05. The Morgan fingerprint density at radius 1 is 1.17 bits per heavy atom. The lowest BCUT2D eigenvalue weighted by molar-refractivity contribution is -0.149. The van der Waals surface area contributed by atoms with Gasteiger partial charge in [0, 0.05) is 6.42 Å².